The van der Waals surface area contributed by atoms with Crippen molar-refractivity contribution < 1.29 is 9.18 Å². The van der Waals surface area contributed by atoms with Crippen LogP contribution < -0.4 is 0 Å². The lowest BCUT2D eigenvalue weighted by molar-refractivity contribution is -0.123. The zero-order chi connectivity index (χ0) is 13.1. The lowest BCUT2D eigenvalue weighted by Gasteiger charge is -2.27. The summed E-state index contributed by atoms with van der Waals surface area (Å²) >= 11 is 4.23. The molecule has 1 saturated heterocycles. The van der Waals surface area contributed by atoms with Crippen molar-refractivity contribution in [2.75, 3.05) is 13.1 Å². The van der Waals surface area contributed by atoms with Crippen molar-refractivity contribution >= 4 is 18.4 Å². The molecule has 0 saturated carbocycles. The number of hydrogen-bond donors (Lipinski definition) is 1. The number of halogens is 1. The van der Waals surface area contributed by atoms with Crippen molar-refractivity contribution in [3.63, 3.8) is 0 Å². The molecule has 0 aromatic heterocycles. The highest BCUT2D eigenvalue weighted by Crippen LogP contribution is 2.28. The number of nitrogens with zero attached hydrogens (tertiary/aromatic N) is 1. The van der Waals surface area contributed by atoms with Crippen LogP contribution in [0.2, 0.25) is 0 Å². The molecule has 0 amide bonds. The maximum atomic E-state index is 13.3. The van der Waals surface area contributed by atoms with E-state index in [0.29, 0.717) is 19.5 Å². The molecule has 2 unspecified atom stereocenters. The van der Waals surface area contributed by atoms with Crippen molar-refractivity contribution in [1.29, 1.82) is 0 Å². The zero-order valence-electron chi connectivity index (χ0n) is 10.4. The van der Waals surface area contributed by atoms with Gasteiger partial charge in [-0.3, -0.25) is 9.69 Å². The van der Waals surface area contributed by atoms with E-state index in [-0.39, 0.29) is 17.1 Å². The number of carbonyl (C=O) groups excluding carboxylic acids is 1. The third-order valence-electron chi connectivity index (χ3n) is 3.32. The number of rotatable bonds is 4. The molecule has 1 heterocycles. The Morgan fingerprint density at radius 1 is 1.44 bits per heavy atom. The molecular weight excluding hydrogens is 249 g/mol. The number of benzene rings is 1. The minimum absolute atomic E-state index is 0.0404. The minimum atomic E-state index is -0.820. The molecule has 2 rings (SSSR count). The summed E-state index contributed by atoms with van der Waals surface area (Å²) in [6, 6.07) is 9.20. The first-order valence-corrected chi connectivity index (χ1v) is 6.76. The minimum Gasteiger partial charge on any atom is -0.296 e. The van der Waals surface area contributed by atoms with Crippen LogP contribution in [0.3, 0.4) is 0 Å². The fourth-order valence-electron chi connectivity index (χ4n) is 2.40. The number of carbonyl (C=O) groups is 1. The Labute approximate surface area is 113 Å². The van der Waals surface area contributed by atoms with Gasteiger partial charge in [0.25, 0.3) is 0 Å². The van der Waals surface area contributed by atoms with E-state index in [9.17, 15) is 9.18 Å². The highest BCUT2D eigenvalue weighted by atomic mass is 32.1. The first-order chi connectivity index (χ1) is 8.59. The van der Waals surface area contributed by atoms with Crippen LogP contribution in [-0.4, -0.2) is 35.2 Å². The number of alkyl halides is 1. The van der Waals surface area contributed by atoms with Gasteiger partial charge in [0.05, 0.1) is 11.3 Å². The summed E-state index contributed by atoms with van der Waals surface area (Å²) in [5, 5.41) is -0.339. The molecule has 4 heteroatoms. The number of hydrogen-bond acceptors (Lipinski definition) is 3. The summed E-state index contributed by atoms with van der Waals surface area (Å²) in [5.41, 5.74) is 0.928. The molecule has 2 nitrogen and oxygen atoms in total. The van der Waals surface area contributed by atoms with Gasteiger partial charge in [-0.1, -0.05) is 30.3 Å². The molecule has 0 aliphatic carbocycles. The second kappa shape index (κ2) is 5.85. The predicted molar refractivity (Wildman–Crippen MR) is 73.7 cm³/mol. The van der Waals surface area contributed by atoms with E-state index in [2.05, 4.69) is 12.6 Å². The quantitative estimate of drug-likeness (QED) is 0.846. The third kappa shape index (κ3) is 2.93. The summed E-state index contributed by atoms with van der Waals surface area (Å²) in [7, 11) is 0. The van der Waals surface area contributed by atoms with Crippen molar-refractivity contribution in [3.8, 4) is 0 Å². The summed E-state index contributed by atoms with van der Waals surface area (Å²) in [4.78, 5) is 14.2. The second-order valence-corrected chi connectivity index (χ2v) is 5.55. The van der Waals surface area contributed by atoms with Gasteiger partial charge < -0.3 is 0 Å². The van der Waals surface area contributed by atoms with E-state index in [1.807, 2.05) is 35.2 Å². The standard InChI is InChI=1S/C14H18FNOS/c1-10(18)14(17)13(11-5-3-2-4-6-11)16-8-7-12(15)9-16/h2-6,10,12-13,18H,7-9H2,1H3/t10?,12-,13?/m0/s1. The number of Topliss-reactive ketones (excluding diaryl/α,β-unsaturated/α-hetero) is 1. The Morgan fingerprint density at radius 3 is 2.61 bits per heavy atom. The van der Waals surface area contributed by atoms with Gasteiger partial charge in [0, 0.05) is 13.1 Å². The highest BCUT2D eigenvalue weighted by Gasteiger charge is 2.34. The Kier molecular flexibility index (Phi) is 4.40. The Bertz CT molecular complexity index is 410. The predicted octanol–water partition coefficient (Wildman–Crippen LogP) is 2.66. The van der Waals surface area contributed by atoms with Gasteiger partial charge in [-0.15, -0.1) is 0 Å². The lowest BCUT2D eigenvalue weighted by atomic mass is 9.99. The molecule has 0 N–H and O–H groups in total. The molecule has 1 aliphatic rings. The molecule has 1 aromatic rings. The van der Waals surface area contributed by atoms with E-state index in [1.165, 1.54) is 0 Å². The van der Waals surface area contributed by atoms with E-state index in [0.717, 1.165) is 5.56 Å². The molecule has 1 fully saturated rings. The Hall–Kier alpha value is -0.870. The van der Waals surface area contributed by atoms with Crippen LogP contribution in [0.25, 0.3) is 0 Å². The van der Waals surface area contributed by atoms with Gasteiger partial charge in [-0.2, -0.15) is 12.6 Å². The van der Waals surface area contributed by atoms with Gasteiger partial charge in [0.1, 0.15) is 6.17 Å². The largest absolute Gasteiger partial charge is 0.296 e. The smallest absolute Gasteiger partial charge is 0.166 e. The molecule has 98 valence electrons. The van der Waals surface area contributed by atoms with Crippen LogP contribution in [-0.2, 0) is 4.79 Å². The van der Waals surface area contributed by atoms with Crippen molar-refractivity contribution in [2.45, 2.75) is 30.8 Å². The molecule has 3 atom stereocenters. The summed E-state index contributed by atoms with van der Waals surface area (Å²) in [5.74, 6) is 0.0404. The van der Waals surface area contributed by atoms with Gasteiger partial charge in [0.15, 0.2) is 5.78 Å². The lowest BCUT2D eigenvalue weighted by Crippen LogP contribution is -2.35. The first kappa shape index (κ1) is 13.6. The number of likely N-dealkylation sites (tertiary alicyclic amines) is 1. The maximum absolute atomic E-state index is 13.3. The summed E-state index contributed by atoms with van der Waals surface area (Å²) < 4.78 is 13.3. The highest BCUT2D eigenvalue weighted by molar-refractivity contribution is 7.81. The number of ketones is 1. The monoisotopic (exact) mass is 267 g/mol. The van der Waals surface area contributed by atoms with Gasteiger partial charge >= 0.3 is 0 Å². The molecule has 0 radical (unpaired) electrons. The topological polar surface area (TPSA) is 20.3 Å². The van der Waals surface area contributed by atoms with Crippen LogP contribution in [0.15, 0.2) is 30.3 Å². The average Bonchev–Trinajstić information content (AvgIpc) is 2.77. The Morgan fingerprint density at radius 2 is 2.11 bits per heavy atom. The zero-order valence-corrected chi connectivity index (χ0v) is 11.3. The van der Waals surface area contributed by atoms with E-state index in [1.54, 1.807) is 6.92 Å². The molecule has 1 aliphatic heterocycles. The van der Waals surface area contributed by atoms with Crippen LogP contribution in [0.5, 0.6) is 0 Å². The van der Waals surface area contributed by atoms with Gasteiger partial charge in [-0.25, -0.2) is 4.39 Å². The number of thiol groups is 1. The van der Waals surface area contributed by atoms with Crippen molar-refractivity contribution in [3.05, 3.63) is 35.9 Å². The van der Waals surface area contributed by atoms with Crippen molar-refractivity contribution in [1.82, 2.24) is 4.90 Å². The van der Waals surface area contributed by atoms with E-state index < -0.39 is 6.17 Å². The first-order valence-electron chi connectivity index (χ1n) is 6.24. The van der Waals surface area contributed by atoms with E-state index in [4.69, 9.17) is 0 Å². The van der Waals surface area contributed by atoms with Crippen molar-refractivity contribution in [2.24, 2.45) is 0 Å². The second-order valence-electron chi connectivity index (χ2n) is 4.77. The van der Waals surface area contributed by atoms with Crippen LogP contribution in [0.4, 0.5) is 4.39 Å². The van der Waals surface area contributed by atoms with Gasteiger partial charge in [0.2, 0.25) is 0 Å². The Balaban J connectivity index is 2.26. The fraction of sp³-hybridized carbons (Fsp3) is 0.500. The van der Waals surface area contributed by atoms with Gasteiger partial charge in [-0.05, 0) is 18.9 Å². The van der Waals surface area contributed by atoms with E-state index >= 15 is 0 Å². The maximum Gasteiger partial charge on any atom is 0.166 e. The molecular formula is C14H18FNOS. The molecule has 18 heavy (non-hydrogen) atoms. The SMILES string of the molecule is CC(S)C(=O)C(c1ccccc1)N1CC[C@H](F)C1. The third-order valence-corrected chi connectivity index (χ3v) is 3.58. The van der Waals surface area contributed by atoms with Crippen LogP contribution >= 0.6 is 12.6 Å². The molecule has 0 bridgehead atoms. The summed E-state index contributed by atoms with van der Waals surface area (Å²) in [6.07, 6.45) is -0.309. The normalized spacial score (nSPS) is 23.8. The molecule has 1 aromatic carbocycles. The fourth-order valence-corrected chi connectivity index (χ4v) is 2.54. The summed E-state index contributed by atoms with van der Waals surface area (Å²) in [6.45, 7) is 2.74. The van der Waals surface area contributed by atoms with Crippen LogP contribution in [0, 0.1) is 0 Å². The van der Waals surface area contributed by atoms with Crippen LogP contribution in [0.1, 0.15) is 24.9 Å². The molecule has 0 spiro atoms. The average molecular weight is 267 g/mol.